The number of nitrogens with zero attached hydrogens (tertiary/aromatic N) is 1. The van der Waals surface area contributed by atoms with Crippen molar-refractivity contribution < 1.29 is 0 Å². The lowest BCUT2D eigenvalue weighted by molar-refractivity contribution is 0.0831. The molecule has 88 valence electrons. The predicted octanol–water partition coefficient (Wildman–Crippen LogP) is 1.96. The largest absolute Gasteiger partial charge is 0.315 e. The zero-order valence-electron chi connectivity index (χ0n) is 10.5. The number of piperidine rings is 1. The molecule has 2 rings (SSSR count). The van der Waals surface area contributed by atoms with Gasteiger partial charge in [-0.3, -0.25) is 4.90 Å². The molecule has 4 atom stereocenters. The van der Waals surface area contributed by atoms with Crippen molar-refractivity contribution in [2.24, 2.45) is 17.8 Å². The van der Waals surface area contributed by atoms with Gasteiger partial charge in [0, 0.05) is 19.1 Å². The standard InChI is InChI=1S/C13H26N2/c1-4-12-7-14-8-13(12)15-6-5-10(2)11(3)9-15/h10-14H,4-9H2,1-3H3. The van der Waals surface area contributed by atoms with Crippen LogP contribution in [0.15, 0.2) is 0 Å². The second-order valence-electron chi connectivity index (χ2n) is 5.63. The zero-order valence-corrected chi connectivity index (χ0v) is 10.5. The minimum atomic E-state index is 0.824. The van der Waals surface area contributed by atoms with Gasteiger partial charge in [-0.1, -0.05) is 27.2 Å². The van der Waals surface area contributed by atoms with Crippen LogP contribution in [0.4, 0.5) is 0 Å². The monoisotopic (exact) mass is 210 g/mol. The Hall–Kier alpha value is -0.0800. The van der Waals surface area contributed by atoms with Gasteiger partial charge in [-0.25, -0.2) is 0 Å². The highest BCUT2D eigenvalue weighted by atomic mass is 15.2. The van der Waals surface area contributed by atoms with Gasteiger partial charge in [-0.2, -0.15) is 0 Å². The number of likely N-dealkylation sites (tertiary alicyclic amines) is 1. The Balaban J connectivity index is 1.93. The summed E-state index contributed by atoms with van der Waals surface area (Å²) in [6, 6.07) is 0.824. The molecule has 0 aromatic rings. The van der Waals surface area contributed by atoms with Crippen molar-refractivity contribution in [2.45, 2.75) is 39.7 Å². The summed E-state index contributed by atoms with van der Waals surface area (Å²) in [5.41, 5.74) is 0. The Labute approximate surface area is 94.4 Å². The highest BCUT2D eigenvalue weighted by Crippen LogP contribution is 2.28. The Kier molecular flexibility index (Phi) is 3.68. The lowest BCUT2D eigenvalue weighted by atomic mass is 9.86. The molecule has 15 heavy (non-hydrogen) atoms. The molecule has 0 saturated carbocycles. The topological polar surface area (TPSA) is 15.3 Å². The van der Waals surface area contributed by atoms with E-state index in [0.29, 0.717) is 0 Å². The smallest absolute Gasteiger partial charge is 0.0260 e. The minimum absolute atomic E-state index is 0.824. The molecule has 0 bridgehead atoms. The maximum atomic E-state index is 3.56. The highest BCUT2D eigenvalue weighted by Gasteiger charge is 2.34. The molecule has 0 amide bonds. The molecule has 2 heterocycles. The molecule has 2 nitrogen and oxygen atoms in total. The van der Waals surface area contributed by atoms with Crippen molar-refractivity contribution in [3.8, 4) is 0 Å². The van der Waals surface area contributed by atoms with Gasteiger partial charge in [0.1, 0.15) is 0 Å². The number of hydrogen-bond acceptors (Lipinski definition) is 2. The Bertz CT molecular complexity index is 205. The highest BCUT2D eigenvalue weighted by molar-refractivity contribution is 4.90. The van der Waals surface area contributed by atoms with E-state index < -0.39 is 0 Å². The molecule has 2 aliphatic heterocycles. The maximum absolute atomic E-state index is 3.56. The second kappa shape index (κ2) is 4.84. The van der Waals surface area contributed by atoms with Crippen molar-refractivity contribution in [3.05, 3.63) is 0 Å². The van der Waals surface area contributed by atoms with Crippen LogP contribution < -0.4 is 5.32 Å². The van der Waals surface area contributed by atoms with E-state index in [9.17, 15) is 0 Å². The summed E-state index contributed by atoms with van der Waals surface area (Å²) in [4.78, 5) is 2.75. The van der Waals surface area contributed by atoms with Gasteiger partial charge >= 0.3 is 0 Å². The van der Waals surface area contributed by atoms with Gasteiger partial charge in [-0.15, -0.1) is 0 Å². The lowest BCUT2D eigenvalue weighted by Gasteiger charge is -2.40. The molecule has 2 heteroatoms. The Morgan fingerprint density at radius 3 is 2.67 bits per heavy atom. The van der Waals surface area contributed by atoms with Crippen LogP contribution in [0.5, 0.6) is 0 Å². The van der Waals surface area contributed by atoms with E-state index in [-0.39, 0.29) is 0 Å². The van der Waals surface area contributed by atoms with Gasteiger partial charge in [0.2, 0.25) is 0 Å². The first-order valence-corrected chi connectivity index (χ1v) is 6.67. The van der Waals surface area contributed by atoms with Gasteiger partial charge < -0.3 is 5.32 Å². The molecule has 2 aliphatic rings. The van der Waals surface area contributed by atoms with Crippen molar-refractivity contribution in [3.63, 3.8) is 0 Å². The molecule has 1 N–H and O–H groups in total. The molecule has 0 radical (unpaired) electrons. The van der Waals surface area contributed by atoms with E-state index in [0.717, 1.165) is 23.8 Å². The SMILES string of the molecule is CCC1CNCC1N1CCC(C)C(C)C1. The number of nitrogens with one attached hydrogen (secondary N) is 1. The van der Waals surface area contributed by atoms with Crippen LogP contribution in [0.1, 0.15) is 33.6 Å². The van der Waals surface area contributed by atoms with E-state index in [1.165, 1.54) is 39.0 Å². The van der Waals surface area contributed by atoms with Gasteiger partial charge in [0.15, 0.2) is 0 Å². The molecule has 0 spiro atoms. The van der Waals surface area contributed by atoms with Crippen LogP contribution >= 0.6 is 0 Å². The molecule has 0 aromatic carbocycles. The fourth-order valence-electron chi connectivity index (χ4n) is 3.16. The fourth-order valence-corrected chi connectivity index (χ4v) is 3.16. The maximum Gasteiger partial charge on any atom is 0.0260 e. The lowest BCUT2D eigenvalue weighted by Crippen LogP contribution is -2.47. The third-order valence-corrected chi connectivity index (χ3v) is 4.66. The van der Waals surface area contributed by atoms with E-state index in [4.69, 9.17) is 0 Å². The van der Waals surface area contributed by atoms with Gasteiger partial charge in [0.05, 0.1) is 0 Å². The van der Waals surface area contributed by atoms with Crippen molar-refractivity contribution in [2.75, 3.05) is 26.2 Å². The average molecular weight is 210 g/mol. The zero-order chi connectivity index (χ0) is 10.8. The first-order valence-electron chi connectivity index (χ1n) is 6.67. The minimum Gasteiger partial charge on any atom is -0.315 e. The van der Waals surface area contributed by atoms with E-state index in [1.807, 2.05) is 0 Å². The van der Waals surface area contributed by atoms with E-state index in [2.05, 4.69) is 31.0 Å². The van der Waals surface area contributed by atoms with Crippen LogP contribution in [0.2, 0.25) is 0 Å². The molecule has 0 aliphatic carbocycles. The van der Waals surface area contributed by atoms with Crippen LogP contribution in [0.3, 0.4) is 0 Å². The number of rotatable bonds is 2. The molecular formula is C13H26N2. The molecular weight excluding hydrogens is 184 g/mol. The predicted molar refractivity (Wildman–Crippen MR) is 65.0 cm³/mol. The van der Waals surface area contributed by atoms with Crippen LogP contribution in [0, 0.1) is 17.8 Å². The molecule has 4 unspecified atom stereocenters. The molecule has 2 saturated heterocycles. The molecule has 2 fully saturated rings. The second-order valence-corrected chi connectivity index (χ2v) is 5.63. The normalized spacial score (nSPS) is 43.4. The summed E-state index contributed by atoms with van der Waals surface area (Å²) in [6.45, 7) is 12.3. The average Bonchev–Trinajstić information content (AvgIpc) is 2.70. The van der Waals surface area contributed by atoms with Crippen molar-refractivity contribution in [1.29, 1.82) is 0 Å². The number of hydrogen-bond donors (Lipinski definition) is 1. The summed E-state index contributed by atoms with van der Waals surface area (Å²) in [7, 11) is 0. The van der Waals surface area contributed by atoms with Gasteiger partial charge in [-0.05, 0) is 37.3 Å². The third-order valence-electron chi connectivity index (χ3n) is 4.66. The van der Waals surface area contributed by atoms with Crippen LogP contribution in [-0.2, 0) is 0 Å². The molecule has 0 aromatic heterocycles. The quantitative estimate of drug-likeness (QED) is 0.749. The first kappa shape index (κ1) is 11.4. The van der Waals surface area contributed by atoms with Crippen LogP contribution in [-0.4, -0.2) is 37.1 Å². The fraction of sp³-hybridized carbons (Fsp3) is 1.00. The van der Waals surface area contributed by atoms with Crippen molar-refractivity contribution in [1.82, 2.24) is 10.2 Å². The summed E-state index contributed by atoms with van der Waals surface area (Å²) in [5.74, 6) is 2.71. The summed E-state index contributed by atoms with van der Waals surface area (Å²) >= 11 is 0. The Morgan fingerprint density at radius 2 is 2.00 bits per heavy atom. The van der Waals surface area contributed by atoms with E-state index >= 15 is 0 Å². The third kappa shape index (κ3) is 2.36. The van der Waals surface area contributed by atoms with Crippen LogP contribution in [0.25, 0.3) is 0 Å². The van der Waals surface area contributed by atoms with Crippen molar-refractivity contribution >= 4 is 0 Å². The summed E-state index contributed by atoms with van der Waals surface area (Å²) < 4.78 is 0. The van der Waals surface area contributed by atoms with Gasteiger partial charge in [0.25, 0.3) is 0 Å². The summed E-state index contributed by atoms with van der Waals surface area (Å²) in [5, 5.41) is 3.56. The first-order chi connectivity index (χ1) is 7.22. The van der Waals surface area contributed by atoms with E-state index in [1.54, 1.807) is 0 Å². The Morgan fingerprint density at radius 1 is 1.20 bits per heavy atom. The summed E-state index contributed by atoms with van der Waals surface area (Å²) in [6.07, 6.45) is 2.73.